The molecule has 8 heteroatoms. The van der Waals surface area contributed by atoms with Crippen molar-refractivity contribution in [3.8, 4) is 16.9 Å². The van der Waals surface area contributed by atoms with Gasteiger partial charge in [0, 0.05) is 27.2 Å². The standard InChI is InChI=1S/C23H16Cl3N3O2/c1-14-20(7-9-22(30)27-18-10-11-31-13-18)28-29(21-8-6-17(25)12-19(21)26)23(14)15-2-4-16(24)5-3-15/h2-13H,1H3,(H,27,30)/b9-7+. The molecule has 0 fully saturated rings. The number of hydrogen-bond acceptors (Lipinski definition) is 3. The summed E-state index contributed by atoms with van der Waals surface area (Å²) in [5.74, 6) is -0.298. The lowest BCUT2D eigenvalue weighted by Gasteiger charge is -2.11. The Morgan fingerprint density at radius 1 is 1.06 bits per heavy atom. The van der Waals surface area contributed by atoms with Crippen LogP contribution in [-0.2, 0) is 4.79 Å². The van der Waals surface area contributed by atoms with Gasteiger partial charge in [0.1, 0.15) is 6.26 Å². The van der Waals surface area contributed by atoms with Crippen LogP contribution in [0.4, 0.5) is 5.69 Å². The zero-order valence-electron chi connectivity index (χ0n) is 16.3. The smallest absolute Gasteiger partial charge is 0.248 e. The van der Waals surface area contributed by atoms with Crippen LogP contribution in [0, 0.1) is 6.92 Å². The molecule has 2 heterocycles. The summed E-state index contributed by atoms with van der Waals surface area (Å²) in [6.07, 6.45) is 6.01. The lowest BCUT2D eigenvalue weighted by molar-refractivity contribution is -0.111. The second-order valence-electron chi connectivity index (χ2n) is 6.71. The van der Waals surface area contributed by atoms with Crippen LogP contribution in [0.3, 0.4) is 0 Å². The van der Waals surface area contributed by atoms with E-state index in [0.717, 1.165) is 16.8 Å². The fraction of sp³-hybridized carbons (Fsp3) is 0.0435. The first-order valence-electron chi connectivity index (χ1n) is 9.24. The fourth-order valence-electron chi connectivity index (χ4n) is 3.12. The topological polar surface area (TPSA) is 60.1 Å². The van der Waals surface area contributed by atoms with Crippen molar-refractivity contribution < 1.29 is 9.21 Å². The van der Waals surface area contributed by atoms with Gasteiger partial charge in [-0.25, -0.2) is 4.68 Å². The lowest BCUT2D eigenvalue weighted by Crippen LogP contribution is -2.06. The van der Waals surface area contributed by atoms with Crippen molar-refractivity contribution in [2.24, 2.45) is 0 Å². The van der Waals surface area contributed by atoms with Gasteiger partial charge in [0.15, 0.2) is 0 Å². The minimum atomic E-state index is -0.298. The third-order valence-electron chi connectivity index (χ3n) is 4.60. The van der Waals surface area contributed by atoms with Gasteiger partial charge in [-0.15, -0.1) is 0 Å². The van der Waals surface area contributed by atoms with Gasteiger partial charge in [-0.1, -0.05) is 46.9 Å². The number of nitrogens with one attached hydrogen (secondary N) is 1. The second-order valence-corrected chi connectivity index (χ2v) is 7.99. The first-order chi connectivity index (χ1) is 14.9. The van der Waals surface area contributed by atoms with Gasteiger partial charge in [0.2, 0.25) is 5.91 Å². The number of anilines is 1. The number of rotatable bonds is 5. The average molecular weight is 473 g/mol. The van der Waals surface area contributed by atoms with Crippen LogP contribution in [0.2, 0.25) is 15.1 Å². The maximum Gasteiger partial charge on any atom is 0.248 e. The highest BCUT2D eigenvalue weighted by atomic mass is 35.5. The number of furan rings is 1. The summed E-state index contributed by atoms with van der Waals surface area (Å²) in [4.78, 5) is 12.2. The number of benzene rings is 2. The molecular weight excluding hydrogens is 457 g/mol. The normalized spacial score (nSPS) is 11.2. The Hall–Kier alpha value is -2.99. The summed E-state index contributed by atoms with van der Waals surface area (Å²) < 4.78 is 6.70. The number of hydrogen-bond donors (Lipinski definition) is 1. The molecule has 1 N–H and O–H groups in total. The highest BCUT2D eigenvalue weighted by Gasteiger charge is 2.18. The number of halogens is 3. The highest BCUT2D eigenvalue weighted by molar-refractivity contribution is 6.35. The van der Waals surface area contributed by atoms with E-state index < -0.39 is 0 Å². The number of aromatic nitrogens is 2. The third kappa shape index (κ3) is 4.69. The van der Waals surface area contributed by atoms with Crippen LogP contribution in [0.5, 0.6) is 0 Å². The van der Waals surface area contributed by atoms with E-state index in [1.165, 1.54) is 18.6 Å². The van der Waals surface area contributed by atoms with Gasteiger partial charge in [0.05, 0.1) is 34.0 Å². The Kier molecular flexibility index (Phi) is 6.18. The minimum Gasteiger partial charge on any atom is -0.470 e. The van der Waals surface area contributed by atoms with Gasteiger partial charge in [-0.3, -0.25) is 4.79 Å². The van der Waals surface area contributed by atoms with E-state index in [4.69, 9.17) is 44.3 Å². The Morgan fingerprint density at radius 3 is 2.48 bits per heavy atom. The summed E-state index contributed by atoms with van der Waals surface area (Å²) in [6, 6.07) is 14.3. The third-order valence-corrected chi connectivity index (χ3v) is 5.39. The number of amides is 1. The molecule has 0 saturated carbocycles. The van der Waals surface area contributed by atoms with Crippen molar-refractivity contribution in [3.63, 3.8) is 0 Å². The van der Waals surface area contributed by atoms with Crippen molar-refractivity contribution in [1.29, 1.82) is 0 Å². The van der Waals surface area contributed by atoms with Crippen molar-refractivity contribution >= 4 is 52.5 Å². The van der Waals surface area contributed by atoms with E-state index >= 15 is 0 Å². The average Bonchev–Trinajstić information content (AvgIpc) is 3.35. The van der Waals surface area contributed by atoms with E-state index in [0.29, 0.717) is 32.1 Å². The van der Waals surface area contributed by atoms with Gasteiger partial charge in [0.25, 0.3) is 0 Å². The van der Waals surface area contributed by atoms with Crippen molar-refractivity contribution in [1.82, 2.24) is 9.78 Å². The SMILES string of the molecule is Cc1c(/C=C/C(=O)Nc2ccoc2)nn(-c2ccc(Cl)cc2Cl)c1-c1ccc(Cl)cc1. The van der Waals surface area contributed by atoms with Crippen molar-refractivity contribution in [3.05, 3.63) is 93.5 Å². The molecule has 0 spiro atoms. The molecule has 0 radical (unpaired) electrons. The van der Waals surface area contributed by atoms with Crippen molar-refractivity contribution in [2.45, 2.75) is 6.92 Å². The first kappa shape index (κ1) is 21.2. The second kappa shape index (κ2) is 9.02. The van der Waals surface area contributed by atoms with Gasteiger partial charge >= 0.3 is 0 Å². The van der Waals surface area contributed by atoms with E-state index in [1.807, 2.05) is 31.2 Å². The molecule has 5 nitrogen and oxygen atoms in total. The fourth-order valence-corrected chi connectivity index (χ4v) is 3.73. The largest absolute Gasteiger partial charge is 0.470 e. The molecule has 31 heavy (non-hydrogen) atoms. The van der Waals surface area contributed by atoms with Gasteiger partial charge in [-0.05, 0) is 49.4 Å². The lowest BCUT2D eigenvalue weighted by atomic mass is 10.1. The van der Waals surface area contributed by atoms with Crippen LogP contribution in [0.25, 0.3) is 23.0 Å². The van der Waals surface area contributed by atoms with Crippen LogP contribution in [0.1, 0.15) is 11.3 Å². The van der Waals surface area contributed by atoms with Gasteiger partial charge < -0.3 is 9.73 Å². The summed E-state index contributed by atoms with van der Waals surface area (Å²) in [7, 11) is 0. The summed E-state index contributed by atoms with van der Waals surface area (Å²) in [5.41, 5.74) is 4.48. The predicted octanol–water partition coefficient (Wildman–Crippen LogP) is 7.05. The molecule has 1 amide bonds. The summed E-state index contributed by atoms with van der Waals surface area (Å²) in [5, 5.41) is 9.04. The molecule has 0 atom stereocenters. The molecular formula is C23H16Cl3N3O2. The number of carbonyl (C=O) groups excluding carboxylic acids is 1. The quantitative estimate of drug-likeness (QED) is 0.316. The maximum atomic E-state index is 12.2. The predicted molar refractivity (Wildman–Crippen MR) is 125 cm³/mol. The highest BCUT2D eigenvalue weighted by Crippen LogP contribution is 2.33. The molecule has 4 aromatic rings. The molecule has 0 aliphatic carbocycles. The summed E-state index contributed by atoms with van der Waals surface area (Å²) >= 11 is 18.6. The maximum absolute atomic E-state index is 12.2. The zero-order valence-corrected chi connectivity index (χ0v) is 18.5. The molecule has 0 bridgehead atoms. The monoisotopic (exact) mass is 471 g/mol. The molecule has 2 aromatic carbocycles. The Bertz CT molecular complexity index is 1260. The van der Waals surface area contributed by atoms with Crippen LogP contribution in [-0.4, -0.2) is 15.7 Å². The van der Waals surface area contributed by atoms with Crippen LogP contribution in [0.15, 0.2) is 71.6 Å². The molecule has 0 aliphatic rings. The van der Waals surface area contributed by atoms with E-state index in [9.17, 15) is 4.79 Å². The van der Waals surface area contributed by atoms with Crippen molar-refractivity contribution in [2.75, 3.05) is 5.32 Å². The minimum absolute atomic E-state index is 0.298. The van der Waals surface area contributed by atoms with E-state index in [1.54, 1.807) is 35.0 Å². The number of carbonyl (C=O) groups is 1. The Balaban J connectivity index is 1.77. The van der Waals surface area contributed by atoms with Crippen LogP contribution < -0.4 is 5.32 Å². The molecule has 0 saturated heterocycles. The first-order valence-corrected chi connectivity index (χ1v) is 10.4. The molecule has 4 rings (SSSR count). The van der Waals surface area contributed by atoms with E-state index in [-0.39, 0.29) is 5.91 Å². The van der Waals surface area contributed by atoms with Gasteiger partial charge in [-0.2, -0.15) is 5.10 Å². The molecule has 0 unspecified atom stereocenters. The number of nitrogens with zero attached hydrogens (tertiary/aromatic N) is 2. The Morgan fingerprint density at radius 2 is 1.81 bits per heavy atom. The zero-order chi connectivity index (χ0) is 22.0. The Labute approximate surface area is 193 Å². The summed E-state index contributed by atoms with van der Waals surface area (Å²) in [6.45, 7) is 1.94. The molecule has 156 valence electrons. The molecule has 2 aromatic heterocycles. The van der Waals surface area contributed by atoms with Crippen LogP contribution >= 0.6 is 34.8 Å². The molecule has 0 aliphatic heterocycles. The van der Waals surface area contributed by atoms with E-state index in [2.05, 4.69) is 5.32 Å².